The molecule has 3 nitrogen and oxygen atoms in total. The third-order valence-electron chi connectivity index (χ3n) is 1.90. The number of aryl methyl sites for hydroxylation is 1. The lowest BCUT2D eigenvalue weighted by Gasteiger charge is -2.17. The van der Waals surface area contributed by atoms with Crippen molar-refractivity contribution in [2.45, 2.75) is 6.04 Å². The molecule has 0 radical (unpaired) electrons. The van der Waals surface area contributed by atoms with E-state index >= 15 is 0 Å². The Morgan fingerprint density at radius 3 is 2.58 bits per heavy atom. The molecule has 0 aliphatic carbocycles. The number of aromatic nitrogens is 1. The SMILES string of the molecule is CN(C)[C@H](C#N)c1cccn1C. The zero-order chi connectivity index (χ0) is 9.14. The van der Waals surface area contributed by atoms with Crippen LogP contribution in [0.5, 0.6) is 0 Å². The van der Waals surface area contributed by atoms with Crippen LogP contribution in [0, 0.1) is 11.3 Å². The molecule has 1 atom stereocenters. The molecular weight excluding hydrogens is 150 g/mol. The van der Waals surface area contributed by atoms with Crippen molar-refractivity contribution >= 4 is 0 Å². The minimum atomic E-state index is -0.148. The van der Waals surface area contributed by atoms with E-state index in [4.69, 9.17) is 5.26 Å². The monoisotopic (exact) mass is 163 g/mol. The van der Waals surface area contributed by atoms with Gasteiger partial charge in [0.2, 0.25) is 0 Å². The van der Waals surface area contributed by atoms with Crippen molar-refractivity contribution in [1.29, 1.82) is 5.26 Å². The molecule has 0 aliphatic rings. The lowest BCUT2D eigenvalue weighted by Crippen LogP contribution is -2.20. The van der Waals surface area contributed by atoms with Gasteiger partial charge in [-0.05, 0) is 26.2 Å². The van der Waals surface area contributed by atoms with Crippen LogP contribution in [0.15, 0.2) is 18.3 Å². The van der Waals surface area contributed by atoms with Gasteiger partial charge in [-0.3, -0.25) is 4.90 Å². The summed E-state index contributed by atoms with van der Waals surface area (Å²) < 4.78 is 1.97. The van der Waals surface area contributed by atoms with Gasteiger partial charge in [0.05, 0.1) is 6.07 Å². The molecule has 12 heavy (non-hydrogen) atoms. The summed E-state index contributed by atoms with van der Waals surface area (Å²) in [5.41, 5.74) is 1.03. The Morgan fingerprint density at radius 2 is 2.25 bits per heavy atom. The molecule has 0 aliphatic heterocycles. The first-order chi connectivity index (χ1) is 5.66. The number of rotatable bonds is 2. The third kappa shape index (κ3) is 1.49. The molecule has 64 valence electrons. The average molecular weight is 163 g/mol. The summed E-state index contributed by atoms with van der Waals surface area (Å²) >= 11 is 0. The maximum Gasteiger partial charge on any atom is 0.138 e. The molecule has 1 aromatic rings. The molecule has 0 unspecified atom stereocenters. The van der Waals surface area contributed by atoms with Crippen molar-refractivity contribution in [1.82, 2.24) is 9.47 Å². The van der Waals surface area contributed by atoms with Gasteiger partial charge in [-0.25, -0.2) is 0 Å². The van der Waals surface area contributed by atoms with Crippen molar-refractivity contribution in [3.05, 3.63) is 24.0 Å². The maximum atomic E-state index is 8.89. The second-order valence-corrected chi connectivity index (χ2v) is 3.04. The predicted molar refractivity (Wildman–Crippen MR) is 47.5 cm³/mol. The summed E-state index contributed by atoms with van der Waals surface area (Å²) in [7, 11) is 5.75. The molecule has 0 bridgehead atoms. The van der Waals surface area contributed by atoms with E-state index in [0.29, 0.717) is 0 Å². The quantitative estimate of drug-likeness (QED) is 0.655. The van der Waals surface area contributed by atoms with Gasteiger partial charge in [0, 0.05) is 18.9 Å². The number of nitriles is 1. The van der Waals surface area contributed by atoms with Gasteiger partial charge in [0.1, 0.15) is 6.04 Å². The molecule has 0 amide bonds. The fourth-order valence-electron chi connectivity index (χ4n) is 1.20. The van der Waals surface area contributed by atoms with Gasteiger partial charge in [-0.15, -0.1) is 0 Å². The molecular formula is C9H13N3. The highest BCUT2D eigenvalue weighted by atomic mass is 15.1. The molecule has 0 saturated heterocycles. The second-order valence-electron chi connectivity index (χ2n) is 3.04. The maximum absolute atomic E-state index is 8.89. The molecule has 1 heterocycles. The summed E-state index contributed by atoms with van der Waals surface area (Å²) in [4.78, 5) is 1.90. The molecule has 0 saturated carbocycles. The van der Waals surface area contributed by atoms with E-state index in [1.807, 2.05) is 48.9 Å². The minimum absolute atomic E-state index is 0.148. The van der Waals surface area contributed by atoms with E-state index < -0.39 is 0 Å². The van der Waals surface area contributed by atoms with E-state index in [1.54, 1.807) is 0 Å². The number of nitrogens with zero attached hydrogens (tertiary/aromatic N) is 3. The van der Waals surface area contributed by atoms with Gasteiger partial charge >= 0.3 is 0 Å². The van der Waals surface area contributed by atoms with E-state index in [2.05, 4.69) is 6.07 Å². The summed E-state index contributed by atoms with van der Waals surface area (Å²) in [5.74, 6) is 0. The zero-order valence-electron chi connectivity index (χ0n) is 7.65. The first-order valence-corrected chi connectivity index (χ1v) is 3.84. The Kier molecular flexibility index (Phi) is 2.51. The van der Waals surface area contributed by atoms with Crippen molar-refractivity contribution < 1.29 is 0 Å². The zero-order valence-corrected chi connectivity index (χ0v) is 7.65. The van der Waals surface area contributed by atoms with Gasteiger partial charge in [0.25, 0.3) is 0 Å². The molecule has 0 aromatic carbocycles. The summed E-state index contributed by atoms with van der Waals surface area (Å²) in [6.45, 7) is 0. The first kappa shape index (κ1) is 8.82. The van der Waals surface area contributed by atoms with Crippen LogP contribution in [0.25, 0.3) is 0 Å². The minimum Gasteiger partial charge on any atom is -0.352 e. The van der Waals surface area contributed by atoms with E-state index in [0.717, 1.165) is 5.69 Å². The largest absolute Gasteiger partial charge is 0.352 e. The first-order valence-electron chi connectivity index (χ1n) is 3.84. The molecule has 1 aromatic heterocycles. The van der Waals surface area contributed by atoms with Crippen LogP contribution < -0.4 is 0 Å². The second kappa shape index (κ2) is 3.42. The van der Waals surface area contributed by atoms with Gasteiger partial charge in [0.15, 0.2) is 0 Å². The normalized spacial score (nSPS) is 12.9. The summed E-state index contributed by atoms with van der Waals surface area (Å²) in [5, 5.41) is 8.89. The van der Waals surface area contributed by atoms with Crippen LogP contribution in [0.4, 0.5) is 0 Å². The number of hydrogen-bond acceptors (Lipinski definition) is 2. The fourth-order valence-corrected chi connectivity index (χ4v) is 1.20. The van der Waals surface area contributed by atoms with Gasteiger partial charge in [-0.2, -0.15) is 5.26 Å². The molecule has 0 spiro atoms. The Balaban J connectivity index is 2.97. The Morgan fingerprint density at radius 1 is 1.58 bits per heavy atom. The lowest BCUT2D eigenvalue weighted by atomic mass is 10.2. The highest BCUT2D eigenvalue weighted by Crippen LogP contribution is 2.16. The van der Waals surface area contributed by atoms with E-state index in [9.17, 15) is 0 Å². The predicted octanol–water partition coefficient (Wildman–Crippen LogP) is 1.15. The Labute approximate surface area is 72.8 Å². The fraction of sp³-hybridized carbons (Fsp3) is 0.444. The molecule has 0 N–H and O–H groups in total. The molecule has 1 rings (SSSR count). The van der Waals surface area contributed by atoms with Gasteiger partial charge < -0.3 is 4.57 Å². The van der Waals surface area contributed by atoms with Crippen LogP contribution in [0.1, 0.15) is 11.7 Å². The van der Waals surface area contributed by atoms with Crippen molar-refractivity contribution in [2.75, 3.05) is 14.1 Å². The molecule has 0 fully saturated rings. The van der Waals surface area contributed by atoms with Crippen LogP contribution in [0.2, 0.25) is 0 Å². The Hall–Kier alpha value is -1.27. The van der Waals surface area contributed by atoms with Crippen molar-refractivity contribution in [3.63, 3.8) is 0 Å². The molecule has 3 heteroatoms. The van der Waals surface area contributed by atoms with Crippen molar-refractivity contribution in [2.24, 2.45) is 7.05 Å². The standard InChI is InChI=1S/C9H13N3/c1-11(2)9(7-10)8-5-4-6-12(8)3/h4-6,9H,1-3H3/t9-/m1/s1. The Bertz CT molecular complexity index is 293. The van der Waals surface area contributed by atoms with Crippen LogP contribution in [0.3, 0.4) is 0 Å². The lowest BCUT2D eigenvalue weighted by molar-refractivity contribution is 0.347. The van der Waals surface area contributed by atoms with E-state index in [-0.39, 0.29) is 6.04 Å². The van der Waals surface area contributed by atoms with E-state index in [1.165, 1.54) is 0 Å². The highest BCUT2D eigenvalue weighted by Gasteiger charge is 2.14. The van der Waals surface area contributed by atoms with Crippen LogP contribution in [-0.2, 0) is 7.05 Å². The number of hydrogen-bond donors (Lipinski definition) is 0. The van der Waals surface area contributed by atoms with Gasteiger partial charge in [-0.1, -0.05) is 0 Å². The topological polar surface area (TPSA) is 32.0 Å². The summed E-state index contributed by atoms with van der Waals surface area (Å²) in [6.07, 6.45) is 1.95. The summed E-state index contributed by atoms with van der Waals surface area (Å²) in [6, 6.07) is 6.02. The van der Waals surface area contributed by atoms with Crippen LogP contribution >= 0.6 is 0 Å². The van der Waals surface area contributed by atoms with Crippen LogP contribution in [-0.4, -0.2) is 23.6 Å². The van der Waals surface area contributed by atoms with Crippen molar-refractivity contribution in [3.8, 4) is 6.07 Å². The highest BCUT2D eigenvalue weighted by molar-refractivity contribution is 5.17. The average Bonchev–Trinajstić information content (AvgIpc) is 2.38. The smallest absolute Gasteiger partial charge is 0.138 e. The third-order valence-corrected chi connectivity index (χ3v) is 1.90.